The molecule has 0 fully saturated rings. The van der Waals surface area contributed by atoms with Crippen molar-refractivity contribution >= 4 is 29.1 Å². The minimum Gasteiger partial charge on any atom is -0.360 e. The molecule has 1 aromatic carbocycles. The van der Waals surface area contributed by atoms with Gasteiger partial charge in [0.25, 0.3) is 5.91 Å². The second-order valence-corrected chi connectivity index (χ2v) is 6.63. The second-order valence-electron chi connectivity index (χ2n) is 5.81. The van der Waals surface area contributed by atoms with Gasteiger partial charge in [0.2, 0.25) is 0 Å². The van der Waals surface area contributed by atoms with Gasteiger partial charge in [-0.15, -0.1) is 0 Å². The third kappa shape index (κ3) is 3.74. The Labute approximate surface area is 151 Å². The highest BCUT2D eigenvalue weighted by atomic mass is 35.5. The average molecular weight is 370 g/mol. The van der Waals surface area contributed by atoms with Gasteiger partial charge in [-0.3, -0.25) is 4.79 Å². The highest BCUT2D eigenvalue weighted by Crippen LogP contribution is 2.36. The topological polar surface area (TPSA) is 81.1 Å². The molecule has 130 valence electrons. The van der Waals surface area contributed by atoms with Crippen molar-refractivity contribution in [1.82, 2.24) is 10.5 Å². The van der Waals surface area contributed by atoms with Crippen molar-refractivity contribution in [3.8, 4) is 11.3 Å². The number of carbonyl (C=O) groups excluding carboxylic acids is 1. The first-order valence-corrected chi connectivity index (χ1v) is 8.56. The van der Waals surface area contributed by atoms with Gasteiger partial charge in [-0.2, -0.15) is 0 Å². The molecule has 1 aromatic heterocycles. The molecule has 0 unspecified atom stereocenters. The summed E-state index contributed by atoms with van der Waals surface area (Å²) in [6, 6.07) is 5.10. The van der Waals surface area contributed by atoms with Gasteiger partial charge in [0.05, 0.1) is 10.0 Å². The highest BCUT2D eigenvalue weighted by Gasteiger charge is 2.27. The molecular weight excluding hydrogens is 349 g/mol. The Kier molecular flexibility index (Phi) is 5.91. The maximum atomic E-state index is 12.7. The Morgan fingerprint density at radius 2 is 1.88 bits per heavy atom. The van der Waals surface area contributed by atoms with Crippen LogP contribution in [0.5, 0.6) is 0 Å². The van der Waals surface area contributed by atoms with Crippen LogP contribution >= 0.6 is 23.2 Å². The lowest BCUT2D eigenvalue weighted by Gasteiger charge is -2.26. The maximum Gasteiger partial charge on any atom is 0.257 e. The van der Waals surface area contributed by atoms with Gasteiger partial charge in [-0.25, -0.2) is 0 Å². The van der Waals surface area contributed by atoms with E-state index in [1.54, 1.807) is 25.1 Å². The maximum absolute atomic E-state index is 12.7. The van der Waals surface area contributed by atoms with Crippen molar-refractivity contribution in [3.05, 3.63) is 39.6 Å². The van der Waals surface area contributed by atoms with Crippen molar-refractivity contribution in [1.29, 1.82) is 0 Å². The molecule has 0 atom stereocenters. The van der Waals surface area contributed by atoms with Crippen molar-refractivity contribution in [2.45, 2.75) is 39.2 Å². The molecule has 0 radical (unpaired) electrons. The van der Waals surface area contributed by atoms with E-state index >= 15 is 0 Å². The fourth-order valence-corrected chi connectivity index (χ4v) is 2.96. The number of hydrogen-bond acceptors (Lipinski definition) is 4. The number of benzene rings is 1. The number of nitrogens with zero attached hydrogens (tertiary/aromatic N) is 1. The molecule has 0 bridgehead atoms. The first-order valence-electron chi connectivity index (χ1n) is 7.80. The third-order valence-corrected chi connectivity index (χ3v) is 4.93. The van der Waals surface area contributed by atoms with Crippen molar-refractivity contribution in [2.75, 3.05) is 6.54 Å². The zero-order valence-electron chi connectivity index (χ0n) is 14.0. The number of carbonyl (C=O) groups is 1. The quantitative estimate of drug-likeness (QED) is 0.798. The molecule has 0 saturated carbocycles. The SMILES string of the molecule is CCC(N)(CC)CNC(=O)c1c(-c2c(Cl)cccc2Cl)noc1C. The molecule has 1 heterocycles. The predicted octanol–water partition coefficient (Wildman–Crippen LogP) is 4.20. The van der Waals surface area contributed by atoms with Crippen LogP contribution in [-0.2, 0) is 0 Å². The lowest BCUT2D eigenvalue weighted by Crippen LogP contribution is -2.49. The Balaban J connectivity index is 2.35. The first kappa shape index (κ1) is 18.8. The standard InChI is InChI=1S/C17H21Cl2N3O2/c1-4-17(20,5-2)9-21-16(23)13-10(3)24-22-15(13)14-11(18)7-6-8-12(14)19/h6-8H,4-5,9,20H2,1-3H3,(H,21,23). The van der Waals surface area contributed by atoms with Crippen molar-refractivity contribution in [2.24, 2.45) is 5.73 Å². The van der Waals surface area contributed by atoms with E-state index in [9.17, 15) is 4.79 Å². The molecule has 0 aliphatic heterocycles. The Bertz CT molecular complexity index is 719. The van der Waals surface area contributed by atoms with Crippen LogP contribution in [0.4, 0.5) is 0 Å². The lowest BCUT2D eigenvalue weighted by molar-refractivity contribution is 0.0941. The molecule has 2 rings (SSSR count). The lowest BCUT2D eigenvalue weighted by atomic mass is 9.94. The Morgan fingerprint density at radius 1 is 1.29 bits per heavy atom. The monoisotopic (exact) mass is 369 g/mol. The summed E-state index contributed by atoms with van der Waals surface area (Å²) in [7, 11) is 0. The number of halogens is 2. The van der Waals surface area contributed by atoms with Crippen LogP contribution in [0.2, 0.25) is 10.0 Å². The van der Waals surface area contributed by atoms with E-state index in [0.717, 1.165) is 12.8 Å². The van der Waals surface area contributed by atoms with Crippen LogP contribution in [0.1, 0.15) is 42.8 Å². The van der Waals surface area contributed by atoms with Crippen LogP contribution in [0, 0.1) is 6.92 Å². The predicted molar refractivity (Wildman–Crippen MR) is 96.5 cm³/mol. The molecule has 0 aliphatic carbocycles. The molecule has 0 spiro atoms. The molecule has 1 amide bonds. The number of nitrogens with two attached hydrogens (primary N) is 1. The largest absolute Gasteiger partial charge is 0.360 e. The summed E-state index contributed by atoms with van der Waals surface area (Å²) < 4.78 is 5.21. The van der Waals surface area contributed by atoms with Crippen LogP contribution in [-0.4, -0.2) is 23.1 Å². The number of aromatic nitrogens is 1. The number of nitrogens with one attached hydrogen (secondary N) is 1. The molecule has 0 aliphatic rings. The second kappa shape index (κ2) is 7.55. The van der Waals surface area contributed by atoms with Gasteiger partial charge in [0.1, 0.15) is 17.0 Å². The van der Waals surface area contributed by atoms with E-state index < -0.39 is 5.54 Å². The van der Waals surface area contributed by atoms with Crippen molar-refractivity contribution in [3.63, 3.8) is 0 Å². The van der Waals surface area contributed by atoms with Crippen LogP contribution in [0.3, 0.4) is 0 Å². The van der Waals surface area contributed by atoms with E-state index in [1.165, 1.54) is 0 Å². The van der Waals surface area contributed by atoms with Crippen LogP contribution in [0.25, 0.3) is 11.3 Å². The molecule has 3 N–H and O–H groups in total. The summed E-state index contributed by atoms with van der Waals surface area (Å²) in [6.45, 7) is 6.02. The summed E-state index contributed by atoms with van der Waals surface area (Å²) in [5.74, 6) is 0.0885. The fraction of sp³-hybridized carbons (Fsp3) is 0.412. The van der Waals surface area contributed by atoms with Crippen LogP contribution < -0.4 is 11.1 Å². The summed E-state index contributed by atoms with van der Waals surface area (Å²) in [5, 5.41) is 7.65. The molecular formula is C17H21Cl2N3O2. The summed E-state index contributed by atoms with van der Waals surface area (Å²) >= 11 is 12.5. The minimum atomic E-state index is -0.442. The third-order valence-electron chi connectivity index (χ3n) is 4.30. The Morgan fingerprint density at radius 3 is 2.42 bits per heavy atom. The van der Waals surface area contributed by atoms with Gasteiger partial charge in [0.15, 0.2) is 0 Å². The zero-order valence-corrected chi connectivity index (χ0v) is 15.5. The summed E-state index contributed by atoms with van der Waals surface area (Å²) in [6.07, 6.45) is 1.52. The number of aryl methyl sites for hydroxylation is 1. The minimum absolute atomic E-state index is 0.309. The van der Waals surface area contributed by atoms with Gasteiger partial charge < -0.3 is 15.6 Å². The highest BCUT2D eigenvalue weighted by molar-refractivity contribution is 6.39. The fourth-order valence-electron chi connectivity index (χ4n) is 2.38. The summed E-state index contributed by atoms with van der Waals surface area (Å²) in [5.41, 5.74) is 6.92. The molecule has 7 heteroatoms. The number of amides is 1. The normalized spacial score (nSPS) is 11.6. The molecule has 0 saturated heterocycles. The van der Waals surface area contributed by atoms with E-state index in [0.29, 0.717) is 39.2 Å². The van der Waals surface area contributed by atoms with E-state index in [1.807, 2.05) is 13.8 Å². The first-order chi connectivity index (χ1) is 11.3. The molecule has 5 nitrogen and oxygen atoms in total. The summed E-state index contributed by atoms with van der Waals surface area (Å²) in [4.78, 5) is 12.7. The zero-order chi connectivity index (χ0) is 17.9. The Hall–Kier alpha value is -1.56. The average Bonchev–Trinajstić information content (AvgIpc) is 2.93. The van der Waals surface area contributed by atoms with Gasteiger partial charge in [0, 0.05) is 17.6 Å². The van der Waals surface area contributed by atoms with Gasteiger partial charge in [-0.1, -0.05) is 48.3 Å². The van der Waals surface area contributed by atoms with E-state index in [4.69, 9.17) is 33.5 Å². The molecule has 24 heavy (non-hydrogen) atoms. The number of hydrogen-bond donors (Lipinski definition) is 2. The molecule has 2 aromatic rings. The van der Waals surface area contributed by atoms with E-state index in [2.05, 4.69) is 10.5 Å². The van der Waals surface area contributed by atoms with E-state index in [-0.39, 0.29) is 5.91 Å². The number of rotatable bonds is 6. The van der Waals surface area contributed by atoms with Gasteiger partial charge in [-0.05, 0) is 31.9 Å². The van der Waals surface area contributed by atoms with Gasteiger partial charge >= 0.3 is 0 Å². The van der Waals surface area contributed by atoms with Crippen molar-refractivity contribution < 1.29 is 9.32 Å². The van der Waals surface area contributed by atoms with Crippen LogP contribution in [0.15, 0.2) is 22.7 Å². The smallest absolute Gasteiger partial charge is 0.257 e.